The molecule has 2 aromatic carbocycles. The lowest BCUT2D eigenvalue weighted by molar-refractivity contribution is 0.560. The van der Waals surface area contributed by atoms with Crippen molar-refractivity contribution in [1.29, 1.82) is 0 Å². The molecule has 0 fully saturated rings. The summed E-state index contributed by atoms with van der Waals surface area (Å²) in [5, 5.41) is 0.403. The van der Waals surface area contributed by atoms with E-state index in [9.17, 15) is 4.39 Å². The molecule has 0 spiro atoms. The summed E-state index contributed by atoms with van der Waals surface area (Å²) in [7, 11) is 0. The minimum atomic E-state index is -0.300. The van der Waals surface area contributed by atoms with E-state index in [-0.39, 0.29) is 17.3 Å². The van der Waals surface area contributed by atoms with Gasteiger partial charge in [0.25, 0.3) is 0 Å². The molecular weight excluding hydrogens is 285 g/mol. The van der Waals surface area contributed by atoms with Crippen LogP contribution in [0.4, 0.5) is 4.39 Å². The quantitative estimate of drug-likeness (QED) is 0.846. The third kappa shape index (κ3) is 3.84. The fourth-order valence-electron chi connectivity index (χ4n) is 2.54. The van der Waals surface area contributed by atoms with Crippen LogP contribution < -0.4 is 5.73 Å². The molecule has 21 heavy (non-hydrogen) atoms. The van der Waals surface area contributed by atoms with E-state index >= 15 is 0 Å². The summed E-state index contributed by atoms with van der Waals surface area (Å²) >= 11 is 5.78. The average Bonchev–Trinajstić information content (AvgIpc) is 2.41. The topological polar surface area (TPSA) is 26.0 Å². The first kappa shape index (κ1) is 16.0. The van der Waals surface area contributed by atoms with Crippen LogP contribution in [0.2, 0.25) is 5.02 Å². The Hall–Kier alpha value is -1.38. The second-order valence-corrected chi connectivity index (χ2v) is 6.82. The fraction of sp³-hybridized carbons (Fsp3) is 0.333. The number of benzene rings is 2. The van der Waals surface area contributed by atoms with Gasteiger partial charge in [-0.2, -0.15) is 0 Å². The number of hydrogen-bond acceptors (Lipinski definition) is 1. The Morgan fingerprint density at radius 2 is 1.81 bits per heavy atom. The van der Waals surface area contributed by atoms with Gasteiger partial charge in [-0.15, -0.1) is 0 Å². The molecule has 0 aromatic heterocycles. The Balaban J connectivity index is 2.31. The monoisotopic (exact) mass is 305 g/mol. The van der Waals surface area contributed by atoms with E-state index in [1.54, 1.807) is 12.1 Å². The molecule has 0 bridgehead atoms. The summed E-state index contributed by atoms with van der Waals surface area (Å²) < 4.78 is 13.9. The van der Waals surface area contributed by atoms with Crippen molar-refractivity contribution in [3.63, 3.8) is 0 Å². The van der Waals surface area contributed by atoms with Gasteiger partial charge in [0.1, 0.15) is 5.82 Å². The first-order valence-electron chi connectivity index (χ1n) is 7.08. The maximum Gasteiger partial charge on any atom is 0.127 e. The van der Waals surface area contributed by atoms with Gasteiger partial charge in [0.15, 0.2) is 0 Å². The Labute approximate surface area is 130 Å². The van der Waals surface area contributed by atoms with Crippen molar-refractivity contribution in [1.82, 2.24) is 0 Å². The zero-order valence-corrected chi connectivity index (χ0v) is 13.4. The zero-order valence-electron chi connectivity index (χ0n) is 12.7. The third-order valence-corrected chi connectivity index (χ3v) is 3.86. The highest BCUT2D eigenvalue weighted by Crippen LogP contribution is 2.30. The van der Waals surface area contributed by atoms with Crippen molar-refractivity contribution < 1.29 is 4.39 Å². The summed E-state index contributed by atoms with van der Waals surface area (Å²) in [5.74, 6) is -0.300. The van der Waals surface area contributed by atoms with Gasteiger partial charge in [0.05, 0.1) is 0 Å². The van der Waals surface area contributed by atoms with Crippen molar-refractivity contribution in [3.8, 4) is 0 Å². The van der Waals surface area contributed by atoms with Crippen LogP contribution in [-0.2, 0) is 11.8 Å². The molecule has 0 saturated heterocycles. The van der Waals surface area contributed by atoms with Crippen LogP contribution in [0.25, 0.3) is 0 Å². The standard InChI is InChI=1S/C18H21ClFN/c1-18(2,3)15-7-5-4-6-14(15)17(21)10-12-8-9-13(19)11-16(12)20/h4-9,11,17H,10,21H2,1-3H3. The number of nitrogens with two attached hydrogens (primary N) is 1. The minimum absolute atomic E-state index is 0.00670. The van der Waals surface area contributed by atoms with E-state index in [4.69, 9.17) is 17.3 Å². The van der Waals surface area contributed by atoms with Gasteiger partial charge in [0, 0.05) is 11.1 Å². The summed E-state index contributed by atoms with van der Waals surface area (Å²) in [6.45, 7) is 6.46. The molecule has 0 heterocycles. The number of halogens is 2. The van der Waals surface area contributed by atoms with Crippen LogP contribution in [0.5, 0.6) is 0 Å². The average molecular weight is 306 g/mol. The number of hydrogen-bond donors (Lipinski definition) is 1. The lowest BCUT2D eigenvalue weighted by atomic mass is 9.81. The molecule has 0 saturated carbocycles. The van der Waals surface area contributed by atoms with E-state index in [1.165, 1.54) is 11.6 Å². The first-order valence-corrected chi connectivity index (χ1v) is 7.46. The molecule has 112 valence electrons. The lowest BCUT2D eigenvalue weighted by Gasteiger charge is -2.26. The molecule has 0 radical (unpaired) electrons. The van der Waals surface area contributed by atoms with Crippen molar-refractivity contribution >= 4 is 11.6 Å². The van der Waals surface area contributed by atoms with Gasteiger partial charge in [-0.25, -0.2) is 4.39 Å². The molecule has 1 nitrogen and oxygen atoms in total. The van der Waals surface area contributed by atoms with Crippen LogP contribution in [0.1, 0.15) is 43.5 Å². The van der Waals surface area contributed by atoms with Gasteiger partial charge in [-0.05, 0) is 40.7 Å². The minimum Gasteiger partial charge on any atom is -0.324 e. The summed E-state index contributed by atoms with van der Waals surface area (Å²) in [6, 6.07) is 12.6. The molecule has 2 rings (SSSR count). The Bertz CT molecular complexity index is 631. The molecule has 1 atom stereocenters. The van der Waals surface area contributed by atoms with E-state index in [1.807, 2.05) is 18.2 Å². The highest BCUT2D eigenvalue weighted by Gasteiger charge is 2.21. The summed E-state index contributed by atoms with van der Waals surface area (Å²) in [4.78, 5) is 0. The molecule has 3 heteroatoms. The summed E-state index contributed by atoms with van der Waals surface area (Å²) in [6.07, 6.45) is 0.454. The van der Waals surface area contributed by atoms with Gasteiger partial charge >= 0.3 is 0 Å². The van der Waals surface area contributed by atoms with E-state index in [2.05, 4.69) is 26.8 Å². The normalized spacial score (nSPS) is 13.2. The molecule has 0 aliphatic heterocycles. The fourth-order valence-corrected chi connectivity index (χ4v) is 2.70. The molecule has 0 aliphatic rings. The van der Waals surface area contributed by atoms with Gasteiger partial charge in [0.2, 0.25) is 0 Å². The Morgan fingerprint density at radius 3 is 2.43 bits per heavy atom. The van der Waals surface area contributed by atoms with Crippen molar-refractivity contribution in [3.05, 3.63) is 70.0 Å². The number of rotatable bonds is 3. The van der Waals surface area contributed by atoms with Crippen LogP contribution in [0.3, 0.4) is 0 Å². The van der Waals surface area contributed by atoms with Gasteiger partial charge in [-0.3, -0.25) is 0 Å². The Morgan fingerprint density at radius 1 is 1.14 bits per heavy atom. The first-order chi connectivity index (χ1) is 9.79. The highest BCUT2D eigenvalue weighted by molar-refractivity contribution is 6.30. The second-order valence-electron chi connectivity index (χ2n) is 6.38. The van der Waals surface area contributed by atoms with Gasteiger partial charge in [-0.1, -0.05) is 62.7 Å². The van der Waals surface area contributed by atoms with Crippen molar-refractivity contribution in [2.75, 3.05) is 0 Å². The van der Waals surface area contributed by atoms with Crippen molar-refractivity contribution in [2.45, 2.75) is 38.6 Å². The van der Waals surface area contributed by atoms with Crippen LogP contribution in [0, 0.1) is 5.82 Å². The Kier molecular flexibility index (Phi) is 4.70. The summed E-state index contributed by atoms with van der Waals surface area (Å²) in [5.41, 5.74) is 9.20. The lowest BCUT2D eigenvalue weighted by Crippen LogP contribution is -2.21. The highest BCUT2D eigenvalue weighted by atomic mass is 35.5. The van der Waals surface area contributed by atoms with Crippen LogP contribution in [0.15, 0.2) is 42.5 Å². The van der Waals surface area contributed by atoms with E-state index in [0.717, 1.165) is 5.56 Å². The second kappa shape index (κ2) is 6.17. The molecular formula is C18H21ClFN. The molecule has 1 unspecified atom stereocenters. The predicted molar refractivity (Wildman–Crippen MR) is 87.2 cm³/mol. The molecule has 0 aliphatic carbocycles. The molecule has 2 aromatic rings. The molecule has 0 amide bonds. The van der Waals surface area contributed by atoms with Crippen LogP contribution in [-0.4, -0.2) is 0 Å². The van der Waals surface area contributed by atoms with Gasteiger partial charge < -0.3 is 5.73 Å². The van der Waals surface area contributed by atoms with Crippen LogP contribution >= 0.6 is 11.6 Å². The smallest absolute Gasteiger partial charge is 0.127 e. The van der Waals surface area contributed by atoms with Crippen molar-refractivity contribution in [2.24, 2.45) is 5.73 Å². The SMILES string of the molecule is CC(C)(C)c1ccccc1C(N)Cc1ccc(Cl)cc1F. The van der Waals surface area contributed by atoms with E-state index in [0.29, 0.717) is 17.0 Å². The largest absolute Gasteiger partial charge is 0.324 e. The third-order valence-electron chi connectivity index (χ3n) is 3.62. The molecule has 2 N–H and O–H groups in total. The maximum absolute atomic E-state index is 13.9. The predicted octanol–water partition coefficient (Wildman–Crippen LogP) is 5.02. The zero-order chi connectivity index (χ0) is 15.6. The van der Waals surface area contributed by atoms with E-state index < -0.39 is 0 Å². The maximum atomic E-state index is 13.9.